The molecule has 1 aromatic rings. The molecule has 1 fully saturated rings. The monoisotopic (exact) mass is 269 g/mol. The predicted octanol–water partition coefficient (Wildman–Crippen LogP) is 2.23. The molecule has 0 bridgehead atoms. The first kappa shape index (κ1) is 13.3. The van der Waals surface area contributed by atoms with E-state index >= 15 is 0 Å². The summed E-state index contributed by atoms with van der Waals surface area (Å²) in [7, 11) is -3.23. The predicted molar refractivity (Wildman–Crippen MR) is 69.6 cm³/mol. The minimum Gasteiger partial charge on any atom is -0.491 e. The Morgan fingerprint density at radius 3 is 2.61 bits per heavy atom. The zero-order chi connectivity index (χ0) is 13.2. The van der Waals surface area contributed by atoms with Crippen LogP contribution >= 0.6 is 0 Å². The van der Waals surface area contributed by atoms with E-state index in [4.69, 9.17) is 4.74 Å². The van der Waals surface area contributed by atoms with Gasteiger partial charge in [0.1, 0.15) is 5.75 Å². The second-order valence-corrected chi connectivity index (χ2v) is 6.83. The molecule has 100 valence electrons. The first-order chi connectivity index (χ1) is 8.56. The van der Waals surface area contributed by atoms with Gasteiger partial charge in [-0.25, -0.2) is 13.4 Å². The molecule has 2 rings (SSSR count). The third-order valence-electron chi connectivity index (χ3n) is 3.11. The quantitative estimate of drug-likeness (QED) is 0.794. The van der Waals surface area contributed by atoms with Crippen molar-refractivity contribution in [2.45, 2.75) is 38.1 Å². The summed E-state index contributed by atoms with van der Waals surface area (Å²) in [5.74, 6) is 1.47. The molecule has 0 amide bonds. The maximum absolute atomic E-state index is 11.8. The Labute approximate surface area is 108 Å². The van der Waals surface area contributed by atoms with E-state index in [0.717, 1.165) is 11.4 Å². The van der Waals surface area contributed by atoms with Crippen molar-refractivity contribution in [1.82, 2.24) is 4.98 Å². The number of hydrogen-bond donors (Lipinski definition) is 0. The number of sulfone groups is 1. The maximum Gasteiger partial charge on any atom is 0.195 e. The largest absolute Gasteiger partial charge is 0.491 e. The van der Waals surface area contributed by atoms with Crippen LogP contribution in [-0.2, 0) is 16.3 Å². The van der Waals surface area contributed by atoms with Crippen LogP contribution in [0.1, 0.15) is 32.4 Å². The number of hydrogen-bond acceptors (Lipinski definition) is 4. The molecule has 0 aliphatic heterocycles. The van der Waals surface area contributed by atoms with Crippen LogP contribution in [0.2, 0.25) is 0 Å². The highest BCUT2D eigenvalue weighted by Gasteiger charge is 2.23. The molecule has 0 N–H and O–H groups in total. The Balaban J connectivity index is 2.21. The first-order valence-electron chi connectivity index (χ1n) is 6.42. The topological polar surface area (TPSA) is 56.3 Å². The Kier molecular flexibility index (Phi) is 3.90. The number of aromatic nitrogens is 1. The fourth-order valence-corrected chi connectivity index (χ4v) is 2.49. The molecule has 4 nitrogen and oxygen atoms in total. The summed E-state index contributed by atoms with van der Waals surface area (Å²) in [6, 6.07) is 3.27. The fraction of sp³-hybridized carbons (Fsp3) is 0.615. The number of rotatable bonds is 6. The number of pyridine rings is 1. The van der Waals surface area contributed by atoms with Crippen molar-refractivity contribution < 1.29 is 13.2 Å². The summed E-state index contributed by atoms with van der Waals surface area (Å²) in [4.78, 5) is 4.22. The summed E-state index contributed by atoms with van der Waals surface area (Å²) >= 11 is 0. The lowest BCUT2D eigenvalue weighted by Crippen LogP contribution is -2.09. The van der Waals surface area contributed by atoms with E-state index in [9.17, 15) is 8.42 Å². The van der Waals surface area contributed by atoms with E-state index in [1.165, 1.54) is 12.8 Å². The average molecular weight is 269 g/mol. The van der Waals surface area contributed by atoms with E-state index in [-0.39, 0.29) is 10.8 Å². The van der Waals surface area contributed by atoms with Crippen molar-refractivity contribution in [2.75, 3.05) is 12.4 Å². The summed E-state index contributed by atoms with van der Waals surface area (Å²) in [6.07, 6.45) is 3.14. The van der Waals surface area contributed by atoms with Crippen LogP contribution in [0.3, 0.4) is 0 Å². The molecular weight excluding hydrogens is 250 g/mol. The minimum absolute atomic E-state index is 0.0748. The van der Waals surface area contributed by atoms with Crippen LogP contribution in [0.15, 0.2) is 17.2 Å². The minimum atomic E-state index is -3.23. The Bertz CT molecular complexity index is 521. The molecular formula is C13H19NO3S. The van der Waals surface area contributed by atoms with Gasteiger partial charge in [-0.3, -0.25) is 0 Å². The van der Waals surface area contributed by atoms with E-state index < -0.39 is 9.84 Å². The molecule has 1 aliphatic carbocycles. The van der Waals surface area contributed by atoms with Crippen molar-refractivity contribution in [1.29, 1.82) is 0 Å². The molecule has 0 unspecified atom stereocenters. The van der Waals surface area contributed by atoms with Gasteiger partial charge in [0.15, 0.2) is 14.9 Å². The van der Waals surface area contributed by atoms with Crippen molar-refractivity contribution in [2.24, 2.45) is 5.92 Å². The third kappa shape index (κ3) is 3.02. The molecule has 5 heteroatoms. The van der Waals surface area contributed by atoms with Crippen molar-refractivity contribution in [3.8, 4) is 5.75 Å². The Hall–Kier alpha value is -1.10. The average Bonchev–Trinajstić information content (AvgIpc) is 3.20. The van der Waals surface area contributed by atoms with E-state index in [1.807, 2.05) is 6.92 Å². The zero-order valence-corrected chi connectivity index (χ0v) is 11.7. The van der Waals surface area contributed by atoms with E-state index in [0.29, 0.717) is 18.9 Å². The maximum atomic E-state index is 11.8. The van der Waals surface area contributed by atoms with Gasteiger partial charge >= 0.3 is 0 Å². The zero-order valence-electron chi connectivity index (χ0n) is 10.8. The second-order valence-electron chi connectivity index (χ2n) is 4.61. The lowest BCUT2D eigenvalue weighted by molar-refractivity contribution is 0.295. The number of aryl methyl sites for hydroxylation is 1. The molecule has 0 aromatic carbocycles. The highest BCUT2D eigenvalue weighted by atomic mass is 32.2. The van der Waals surface area contributed by atoms with Crippen molar-refractivity contribution in [3.05, 3.63) is 17.8 Å². The first-order valence-corrected chi connectivity index (χ1v) is 8.07. The molecule has 0 saturated heterocycles. The summed E-state index contributed by atoms with van der Waals surface area (Å²) in [5.41, 5.74) is 0.727. The molecule has 1 heterocycles. The van der Waals surface area contributed by atoms with Crippen LogP contribution in [0, 0.1) is 5.92 Å². The van der Waals surface area contributed by atoms with Gasteiger partial charge in [0.2, 0.25) is 0 Å². The van der Waals surface area contributed by atoms with E-state index in [2.05, 4.69) is 4.98 Å². The van der Waals surface area contributed by atoms with Gasteiger partial charge in [-0.15, -0.1) is 0 Å². The molecule has 1 saturated carbocycles. The standard InChI is InChI=1S/C13H19NO3S/c1-3-11-12(17-9-10-5-6-10)7-8-13(14-11)18(15,16)4-2/h7-8,10H,3-6,9H2,1-2H3. The normalized spacial score (nSPS) is 15.7. The third-order valence-corrected chi connectivity index (χ3v) is 4.74. The van der Waals surface area contributed by atoms with E-state index in [1.54, 1.807) is 19.1 Å². The molecule has 1 aliphatic rings. The van der Waals surface area contributed by atoms with Gasteiger partial charge in [-0.2, -0.15) is 0 Å². The number of ether oxygens (including phenoxy) is 1. The summed E-state index contributed by atoms with van der Waals surface area (Å²) < 4.78 is 29.2. The van der Waals surface area contributed by atoms with Crippen LogP contribution in [0.5, 0.6) is 5.75 Å². The van der Waals surface area contributed by atoms with Gasteiger partial charge in [0.05, 0.1) is 18.1 Å². The SMILES string of the molecule is CCc1nc(S(=O)(=O)CC)ccc1OCC1CC1. The highest BCUT2D eigenvalue weighted by molar-refractivity contribution is 7.91. The molecule has 18 heavy (non-hydrogen) atoms. The molecule has 0 radical (unpaired) electrons. The van der Waals surface area contributed by atoms with Crippen LogP contribution in [0.25, 0.3) is 0 Å². The lowest BCUT2D eigenvalue weighted by Gasteiger charge is -2.10. The second kappa shape index (κ2) is 5.26. The van der Waals surface area contributed by atoms with Crippen LogP contribution in [0.4, 0.5) is 0 Å². The number of nitrogens with zero attached hydrogens (tertiary/aromatic N) is 1. The van der Waals surface area contributed by atoms with Gasteiger partial charge < -0.3 is 4.74 Å². The van der Waals surface area contributed by atoms with Crippen LogP contribution in [-0.4, -0.2) is 25.8 Å². The van der Waals surface area contributed by atoms with Gasteiger partial charge in [0.25, 0.3) is 0 Å². The van der Waals surface area contributed by atoms with Crippen molar-refractivity contribution in [3.63, 3.8) is 0 Å². The van der Waals surface area contributed by atoms with Gasteiger partial charge in [0, 0.05) is 0 Å². The fourth-order valence-electron chi connectivity index (χ4n) is 1.67. The van der Waals surface area contributed by atoms with Crippen molar-refractivity contribution >= 4 is 9.84 Å². The summed E-state index contributed by atoms with van der Waals surface area (Å²) in [5, 5.41) is 0.153. The smallest absolute Gasteiger partial charge is 0.195 e. The lowest BCUT2D eigenvalue weighted by atomic mass is 10.2. The molecule has 0 spiro atoms. The van der Waals surface area contributed by atoms with Crippen LogP contribution < -0.4 is 4.74 Å². The molecule has 0 atom stereocenters. The molecule has 1 aromatic heterocycles. The Morgan fingerprint density at radius 2 is 2.06 bits per heavy atom. The van der Waals surface area contributed by atoms with Gasteiger partial charge in [-0.1, -0.05) is 13.8 Å². The Morgan fingerprint density at radius 1 is 1.33 bits per heavy atom. The van der Waals surface area contributed by atoms with Gasteiger partial charge in [-0.05, 0) is 37.3 Å². The summed E-state index contributed by atoms with van der Waals surface area (Å²) in [6.45, 7) is 4.29. The highest BCUT2D eigenvalue weighted by Crippen LogP contribution is 2.30.